The van der Waals surface area contributed by atoms with E-state index < -0.39 is 0 Å². The monoisotopic (exact) mass is 316 g/mol. The quantitative estimate of drug-likeness (QED) is 0.893. The van der Waals surface area contributed by atoms with Crippen LogP contribution in [0.15, 0.2) is 18.6 Å². The maximum absolute atomic E-state index is 9.40. The van der Waals surface area contributed by atoms with Gasteiger partial charge in [0.1, 0.15) is 5.82 Å². The highest BCUT2D eigenvalue weighted by atomic mass is 16.3. The first kappa shape index (κ1) is 15.9. The van der Waals surface area contributed by atoms with Gasteiger partial charge < -0.3 is 10.0 Å². The van der Waals surface area contributed by atoms with E-state index in [2.05, 4.69) is 25.2 Å². The number of piperidine rings is 1. The molecule has 2 aromatic rings. The molecule has 7 heteroatoms. The second-order valence-electron chi connectivity index (χ2n) is 6.38. The van der Waals surface area contributed by atoms with Gasteiger partial charge in [0, 0.05) is 44.6 Å². The molecular weight excluding hydrogens is 292 g/mol. The highest BCUT2D eigenvalue weighted by Gasteiger charge is 2.22. The number of aliphatic hydroxyl groups excluding tert-OH is 1. The molecule has 1 fully saturated rings. The predicted molar refractivity (Wildman–Crippen MR) is 87.1 cm³/mol. The minimum absolute atomic E-state index is 0.376. The van der Waals surface area contributed by atoms with Crippen molar-refractivity contribution in [1.29, 1.82) is 0 Å². The standard InChI is InChI=1S/C16H24N6O/c1-12(23)9-15-11-22(20-19-15)10-14-3-7-21(8-4-14)16-13(2)17-5-6-18-16/h5-6,11-12,14,23H,3-4,7-10H2,1-2H3/t12-/m1/s1. The molecule has 1 N–H and O–H groups in total. The zero-order chi connectivity index (χ0) is 16.2. The summed E-state index contributed by atoms with van der Waals surface area (Å²) in [5, 5.41) is 17.7. The minimum Gasteiger partial charge on any atom is -0.393 e. The van der Waals surface area contributed by atoms with Crippen LogP contribution in [0.1, 0.15) is 31.2 Å². The Morgan fingerprint density at radius 2 is 2.00 bits per heavy atom. The van der Waals surface area contributed by atoms with E-state index in [1.54, 1.807) is 19.3 Å². The Morgan fingerprint density at radius 3 is 2.70 bits per heavy atom. The third-order valence-electron chi connectivity index (χ3n) is 4.31. The van der Waals surface area contributed by atoms with Crippen LogP contribution >= 0.6 is 0 Å². The average Bonchev–Trinajstić information content (AvgIpc) is 2.95. The van der Waals surface area contributed by atoms with Crippen molar-refractivity contribution in [3.05, 3.63) is 30.0 Å². The predicted octanol–water partition coefficient (Wildman–Crippen LogP) is 1.22. The third kappa shape index (κ3) is 4.04. The normalized spacial score (nSPS) is 17.4. The van der Waals surface area contributed by atoms with Gasteiger partial charge in [-0.15, -0.1) is 5.10 Å². The van der Waals surface area contributed by atoms with E-state index in [0.29, 0.717) is 12.3 Å². The molecule has 3 heterocycles. The first-order chi connectivity index (χ1) is 11.1. The first-order valence-electron chi connectivity index (χ1n) is 8.21. The van der Waals surface area contributed by atoms with Crippen LogP contribution in [-0.4, -0.2) is 49.3 Å². The van der Waals surface area contributed by atoms with E-state index in [0.717, 1.165) is 49.7 Å². The fraction of sp³-hybridized carbons (Fsp3) is 0.625. The summed E-state index contributed by atoms with van der Waals surface area (Å²) in [6.07, 6.45) is 7.85. The molecule has 0 amide bonds. The van der Waals surface area contributed by atoms with Crippen molar-refractivity contribution in [2.45, 2.75) is 45.8 Å². The summed E-state index contributed by atoms with van der Waals surface area (Å²) in [5.41, 5.74) is 1.85. The number of hydrogen-bond donors (Lipinski definition) is 1. The third-order valence-corrected chi connectivity index (χ3v) is 4.31. The van der Waals surface area contributed by atoms with Crippen molar-refractivity contribution in [2.24, 2.45) is 5.92 Å². The fourth-order valence-electron chi connectivity index (χ4n) is 3.13. The van der Waals surface area contributed by atoms with Crippen LogP contribution in [0.2, 0.25) is 0 Å². The Hall–Kier alpha value is -2.02. The molecule has 3 rings (SSSR count). The Labute approximate surface area is 136 Å². The molecule has 1 saturated heterocycles. The van der Waals surface area contributed by atoms with Crippen molar-refractivity contribution in [2.75, 3.05) is 18.0 Å². The Bertz CT molecular complexity index is 633. The van der Waals surface area contributed by atoms with Gasteiger partial charge in [-0.3, -0.25) is 9.67 Å². The zero-order valence-electron chi connectivity index (χ0n) is 13.8. The molecule has 0 saturated carbocycles. The molecule has 0 unspecified atom stereocenters. The average molecular weight is 316 g/mol. The molecule has 2 aromatic heterocycles. The topological polar surface area (TPSA) is 80.0 Å². The van der Waals surface area contributed by atoms with Gasteiger partial charge in [-0.2, -0.15) is 0 Å². The molecule has 124 valence electrons. The van der Waals surface area contributed by atoms with E-state index >= 15 is 0 Å². The van der Waals surface area contributed by atoms with Gasteiger partial charge in [-0.25, -0.2) is 4.98 Å². The van der Waals surface area contributed by atoms with Crippen LogP contribution in [0.5, 0.6) is 0 Å². The lowest BCUT2D eigenvalue weighted by molar-refractivity contribution is 0.194. The lowest BCUT2D eigenvalue weighted by Gasteiger charge is -2.33. The molecule has 0 spiro atoms. The summed E-state index contributed by atoms with van der Waals surface area (Å²) >= 11 is 0. The van der Waals surface area contributed by atoms with Crippen LogP contribution in [0.25, 0.3) is 0 Å². The van der Waals surface area contributed by atoms with Crippen LogP contribution in [0.3, 0.4) is 0 Å². The second-order valence-corrected chi connectivity index (χ2v) is 6.38. The van der Waals surface area contributed by atoms with Gasteiger partial charge in [-0.05, 0) is 32.6 Å². The largest absolute Gasteiger partial charge is 0.393 e. The van der Waals surface area contributed by atoms with Gasteiger partial charge >= 0.3 is 0 Å². The van der Waals surface area contributed by atoms with E-state index in [4.69, 9.17) is 0 Å². The Kier molecular flexibility index (Phi) is 4.85. The SMILES string of the molecule is Cc1nccnc1N1CCC(Cn2cc(C[C@@H](C)O)nn2)CC1. The molecule has 7 nitrogen and oxygen atoms in total. The Balaban J connectivity index is 1.53. The maximum Gasteiger partial charge on any atom is 0.150 e. The van der Waals surface area contributed by atoms with E-state index in [9.17, 15) is 5.11 Å². The molecule has 1 aliphatic heterocycles. The van der Waals surface area contributed by atoms with Gasteiger partial charge in [0.05, 0.1) is 17.5 Å². The van der Waals surface area contributed by atoms with Crippen molar-refractivity contribution < 1.29 is 5.11 Å². The van der Waals surface area contributed by atoms with E-state index in [-0.39, 0.29) is 6.10 Å². The highest BCUT2D eigenvalue weighted by molar-refractivity contribution is 5.42. The molecular formula is C16H24N6O. The van der Waals surface area contributed by atoms with Gasteiger partial charge in [0.2, 0.25) is 0 Å². The molecule has 0 radical (unpaired) electrons. The number of aryl methyl sites for hydroxylation is 1. The number of hydrogen-bond acceptors (Lipinski definition) is 6. The summed E-state index contributed by atoms with van der Waals surface area (Å²) in [4.78, 5) is 11.1. The molecule has 23 heavy (non-hydrogen) atoms. The molecule has 0 aliphatic carbocycles. The smallest absolute Gasteiger partial charge is 0.150 e. The maximum atomic E-state index is 9.40. The van der Waals surface area contributed by atoms with E-state index in [1.807, 2.05) is 17.8 Å². The zero-order valence-corrected chi connectivity index (χ0v) is 13.8. The number of aliphatic hydroxyl groups is 1. The minimum atomic E-state index is -0.376. The molecule has 1 atom stereocenters. The van der Waals surface area contributed by atoms with Crippen LogP contribution < -0.4 is 4.90 Å². The van der Waals surface area contributed by atoms with Crippen molar-refractivity contribution in [3.63, 3.8) is 0 Å². The summed E-state index contributed by atoms with van der Waals surface area (Å²) in [7, 11) is 0. The fourth-order valence-corrected chi connectivity index (χ4v) is 3.13. The lowest BCUT2D eigenvalue weighted by Crippen LogP contribution is -2.36. The lowest BCUT2D eigenvalue weighted by atomic mass is 9.97. The summed E-state index contributed by atoms with van der Waals surface area (Å²) in [6.45, 7) is 6.66. The van der Waals surface area contributed by atoms with Crippen molar-refractivity contribution >= 4 is 5.82 Å². The van der Waals surface area contributed by atoms with Gasteiger partial charge in [-0.1, -0.05) is 5.21 Å². The summed E-state index contributed by atoms with van der Waals surface area (Å²) < 4.78 is 1.91. The van der Waals surface area contributed by atoms with Gasteiger partial charge in [0.25, 0.3) is 0 Å². The van der Waals surface area contributed by atoms with Gasteiger partial charge in [0.15, 0.2) is 0 Å². The highest BCUT2D eigenvalue weighted by Crippen LogP contribution is 2.24. The number of aromatic nitrogens is 5. The summed E-state index contributed by atoms with van der Waals surface area (Å²) in [6, 6.07) is 0. The van der Waals surface area contributed by atoms with Crippen molar-refractivity contribution in [1.82, 2.24) is 25.0 Å². The number of anilines is 1. The van der Waals surface area contributed by atoms with E-state index in [1.165, 1.54) is 0 Å². The van der Waals surface area contributed by atoms with Crippen LogP contribution in [0.4, 0.5) is 5.82 Å². The summed E-state index contributed by atoms with van der Waals surface area (Å²) in [5.74, 6) is 1.61. The Morgan fingerprint density at radius 1 is 1.26 bits per heavy atom. The first-order valence-corrected chi connectivity index (χ1v) is 8.21. The van der Waals surface area contributed by atoms with Crippen LogP contribution in [-0.2, 0) is 13.0 Å². The molecule has 1 aliphatic rings. The van der Waals surface area contributed by atoms with Crippen LogP contribution in [0, 0.1) is 12.8 Å². The number of rotatable bonds is 5. The number of nitrogens with zero attached hydrogens (tertiary/aromatic N) is 6. The second kappa shape index (κ2) is 7.04. The molecule has 0 aromatic carbocycles. The van der Waals surface area contributed by atoms with Crippen molar-refractivity contribution in [3.8, 4) is 0 Å². The molecule has 0 bridgehead atoms.